The second-order valence-corrected chi connectivity index (χ2v) is 5.76. The Bertz CT molecular complexity index is 467. The first kappa shape index (κ1) is 14.2. The summed E-state index contributed by atoms with van der Waals surface area (Å²) < 4.78 is 5.46. The van der Waals surface area contributed by atoms with Crippen molar-refractivity contribution in [3.8, 4) is 5.75 Å². The van der Waals surface area contributed by atoms with Crippen molar-refractivity contribution >= 4 is 17.5 Å². The Morgan fingerprint density at radius 2 is 2.37 bits per heavy atom. The van der Waals surface area contributed by atoms with Crippen LogP contribution in [0.1, 0.15) is 13.3 Å². The van der Waals surface area contributed by atoms with Crippen molar-refractivity contribution in [3.05, 3.63) is 29.3 Å². The van der Waals surface area contributed by atoms with Crippen LogP contribution in [0.4, 0.5) is 0 Å². The van der Waals surface area contributed by atoms with Crippen LogP contribution in [0.3, 0.4) is 0 Å². The van der Waals surface area contributed by atoms with Gasteiger partial charge >= 0.3 is 0 Å². The lowest BCUT2D eigenvalue weighted by Crippen LogP contribution is -2.36. The van der Waals surface area contributed by atoms with Crippen LogP contribution in [0.15, 0.2) is 24.3 Å². The Kier molecular flexibility index (Phi) is 4.32. The molecule has 0 spiro atoms. The van der Waals surface area contributed by atoms with Crippen LogP contribution in [0.2, 0.25) is 5.02 Å². The zero-order chi connectivity index (χ0) is 13.9. The van der Waals surface area contributed by atoms with Crippen LogP contribution in [0.5, 0.6) is 5.75 Å². The van der Waals surface area contributed by atoms with E-state index in [0.29, 0.717) is 23.9 Å². The number of carbonyl (C=O) groups excluding carboxylic acids is 1. The Hall–Kier alpha value is -1.26. The molecule has 1 heterocycles. The molecule has 5 heteroatoms. The lowest BCUT2D eigenvalue weighted by atomic mass is 9.90. The molecule has 1 aliphatic rings. The molecule has 0 aromatic heterocycles. The van der Waals surface area contributed by atoms with Crippen molar-refractivity contribution < 1.29 is 9.53 Å². The van der Waals surface area contributed by atoms with Gasteiger partial charge in [-0.05, 0) is 36.6 Å². The first-order chi connectivity index (χ1) is 9.02. The molecule has 104 valence electrons. The number of likely N-dealkylation sites (tertiary alicyclic amines) is 1. The van der Waals surface area contributed by atoms with Crippen LogP contribution < -0.4 is 10.5 Å². The highest BCUT2D eigenvalue weighted by Gasteiger charge is 2.34. The molecule has 1 fully saturated rings. The average molecular weight is 283 g/mol. The summed E-state index contributed by atoms with van der Waals surface area (Å²) in [5.41, 5.74) is 5.78. The van der Waals surface area contributed by atoms with Gasteiger partial charge in [-0.3, -0.25) is 4.79 Å². The van der Waals surface area contributed by atoms with Gasteiger partial charge in [0.25, 0.3) is 5.91 Å². The third-order valence-corrected chi connectivity index (χ3v) is 3.80. The van der Waals surface area contributed by atoms with E-state index >= 15 is 0 Å². The van der Waals surface area contributed by atoms with Crippen molar-refractivity contribution in [1.29, 1.82) is 0 Å². The van der Waals surface area contributed by atoms with Gasteiger partial charge in [0.15, 0.2) is 6.61 Å². The number of hydrogen-bond donors (Lipinski definition) is 1. The third-order valence-electron chi connectivity index (χ3n) is 3.56. The molecule has 0 radical (unpaired) electrons. The van der Waals surface area contributed by atoms with E-state index in [0.717, 1.165) is 13.0 Å². The summed E-state index contributed by atoms with van der Waals surface area (Å²) in [6.07, 6.45) is 0.951. The molecule has 1 unspecified atom stereocenters. The summed E-state index contributed by atoms with van der Waals surface area (Å²) in [5, 5.41) is 0.599. The summed E-state index contributed by atoms with van der Waals surface area (Å²) in [5.74, 6) is 0.610. The average Bonchev–Trinajstić information content (AvgIpc) is 2.80. The first-order valence-electron chi connectivity index (χ1n) is 6.39. The molecule has 1 aliphatic heterocycles. The zero-order valence-electron chi connectivity index (χ0n) is 11.1. The molecule has 1 aromatic carbocycles. The molecule has 1 aromatic rings. The number of carbonyl (C=O) groups is 1. The summed E-state index contributed by atoms with van der Waals surface area (Å²) >= 11 is 5.85. The molecule has 0 saturated carbocycles. The van der Waals surface area contributed by atoms with E-state index in [9.17, 15) is 4.79 Å². The predicted octanol–water partition coefficient (Wildman–Crippen LogP) is 1.92. The molecular weight excluding hydrogens is 264 g/mol. The topological polar surface area (TPSA) is 55.6 Å². The largest absolute Gasteiger partial charge is 0.484 e. The number of halogens is 1. The number of hydrogen-bond acceptors (Lipinski definition) is 3. The highest BCUT2D eigenvalue weighted by molar-refractivity contribution is 6.30. The molecule has 1 atom stereocenters. The van der Waals surface area contributed by atoms with Crippen molar-refractivity contribution in [3.63, 3.8) is 0 Å². The number of nitrogens with two attached hydrogens (primary N) is 1. The van der Waals surface area contributed by atoms with Gasteiger partial charge in [-0.15, -0.1) is 0 Å². The highest BCUT2D eigenvalue weighted by atomic mass is 35.5. The van der Waals surface area contributed by atoms with Crippen molar-refractivity contribution in [2.45, 2.75) is 13.3 Å². The van der Waals surface area contributed by atoms with Gasteiger partial charge in [0.1, 0.15) is 5.75 Å². The molecule has 1 amide bonds. The van der Waals surface area contributed by atoms with E-state index in [4.69, 9.17) is 22.1 Å². The Morgan fingerprint density at radius 1 is 1.58 bits per heavy atom. The van der Waals surface area contributed by atoms with Crippen molar-refractivity contribution in [1.82, 2.24) is 4.90 Å². The van der Waals surface area contributed by atoms with Gasteiger partial charge in [-0.25, -0.2) is 0 Å². The van der Waals surface area contributed by atoms with Gasteiger partial charge in [0, 0.05) is 18.1 Å². The van der Waals surface area contributed by atoms with Gasteiger partial charge in [-0.2, -0.15) is 0 Å². The molecular formula is C14H19ClN2O2. The van der Waals surface area contributed by atoms with Crippen molar-refractivity contribution in [2.24, 2.45) is 11.1 Å². The molecule has 2 rings (SSSR count). The fourth-order valence-electron chi connectivity index (χ4n) is 2.20. The quantitative estimate of drug-likeness (QED) is 0.918. The SMILES string of the molecule is CC1(CN)CCN(C(=O)COc2cccc(Cl)c2)C1. The smallest absolute Gasteiger partial charge is 0.260 e. The third kappa shape index (κ3) is 3.61. The summed E-state index contributed by atoms with van der Waals surface area (Å²) in [6, 6.07) is 7.04. The first-order valence-corrected chi connectivity index (χ1v) is 6.76. The Morgan fingerprint density at radius 3 is 3.00 bits per heavy atom. The molecule has 0 bridgehead atoms. The van der Waals surface area contributed by atoms with Gasteiger partial charge in [-0.1, -0.05) is 24.6 Å². The lowest BCUT2D eigenvalue weighted by molar-refractivity contribution is -0.132. The lowest BCUT2D eigenvalue weighted by Gasteiger charge is -2.22. The standard InChI is InChI=1S/C14H19ClN2O2/c1-14(9-16)5-6-17(10-14)13(18)8-19-12-4-2-3-11(15)7-12/h2-4,7H,5-6,8-10,16H2,1H3. The maximum Gasteiger partial charge on any atom is 0.260 e. The molecule has 0 aliphatic carbocycles. The minimum Gasteiger partial charge on any atom is -0.484 e. The van der Waals surface area contributed by atoms with Gasteiger partial charge in [0.2, 0.25) is 0 Å². The highest BCUT2D eigenvalue weighted by Crippen LogP contribution is 2.28. The number of amides is 1. The molecule has 19 heavy (non-hydrogen) atoms. The van der Waals surface area contributed by atoms with Gasteiger partial charge in [0.05, 0.1) is 0 Å². The van der Waals surface area contributed by atoms with E-state index in [1.807, 2.05) is 4.90 Å². The van der Waals surface area contributed by atoms with Crippen LogP contribution in [-0.2, 0) is 4.79 Å². The fraction of sp³-hybridized carbons (Fsp3) is 0.500. The monoisotopic (exact) mass is 282 g/mol. The van der Waals surface area contributed by atoms with E-state index in [2.05, 4.69) is 6.92 Å². The second-order valence-electron chi connectivity index (χ2n) is 5.33. The van der Waals surface area contributed by atoms with E-state index in [1.165, 1.54) is 0 Å². The summed E-state index contributed by atoms with van der Waals surface area (Å²) in [4.78, 5) is 13.9. The van der Waals surface area contributed by atoms with Crippen molar-refractivity contribution in [2.75, 3.05) is 26.2 Å². The minimum atomic E-state index is -0.00264. The maximum absolute atomic E-state index is 12.0. The Balaban J connectivity index is 1.86. The number of ether oxygens (including phenoxy) is 1. The summed E-state index contributed by atoms with van der Waals surface area (Å²) in [6.45, 7) is 4.22. The Labute approximate surface area is 118 Å². The van der Waals surface area contributed by atoms with E-state index in [-0.39, 0.29) is 17.9 Å². The minimum absolute atomic E-state index is 0.00264. The fourth-order valence-corrected chi connectivity index (χ4v) is 2.38. The van der Waals surface area contributed by atoms with Crippen LogP contribution >= 0.6 is 11.6 Å². The van der Waals surface area contributed by atoms with Crippen LogP contribution in [-0.4, -0.2) is 37.0 Å². The number of benzene rings is 1. The normalized spacial score (nSPS) is 22.6. The molecule has 4 nitrogen and oxygen atoms in total. The van der Waals surface area contributed by atoms with Crippen LogP contribution in [0, 0.1) is 5.41 Å². The number of rotatable bonds is 4. The molecule has 2 N–H and O–H groups in total. The zero-order valence-corrected chi connectivity index (χ0v) is 11.8. The summed E-state index contributed by atoms with van der Waals surface area (Å²) in [7, 11) is 0. The van der Waals surface area contributed by atoms with Crippen LogP contribution in [0.25, 0.3) is 0 Å². The second kappa shape index (κ2) is 5.80. The number of nitrogens with zero attached hydrogens (tertiary/aromatic N) is 1. The van der Waals surface area contributed by atoms with Gasteiger partial charge < -0.3 is 15.4 Å². The maximum atomic E-state index is 12.0. The predicted molar refractivity (Wildman–Crippen MR) is 75.3 cm³/mol. The molecule has 1 saturated heterocycles. The van der Waals surface area contributed by atoms with E-state index < -0.39 is 0 Å². The van der Waals surface area contributed by atoms with E-state index in [1.54, 1.807) is 24.3 Å².